The Morgan fingerprint density at radius 2 is 1.90 bits per heavy atom. The van der Waals surface area contributed by atoms with Crippen LogP contribution in [0.4, 0.5) is 32.2 Å². The van der Waals surface area contributed by atoms with Crippen LogP contribution in [0.25, 0.3) is 0 Å². The van der Waals surface area contributed by atoms with Gasteiger partial charge in [0.2, 0.25) is 11.8 Å². The molecule has 0 aliphatic carbocycles. The maximum Gasteiger partial charge on any atom is 0.410 e. The molecule has 1 aromatic heterocycles. The summed E-state index contributed by atoms with van der Waals surface area (Å²) in [4.78, 5) is 39.0. The summed E-state index contributed by atoms with van der Waals surface area (Å²) >= 11 is 12.5. The number of aromatic nitrogens is 2. The molecule has 2 aromatic carbocycles. The van der Waals surface area contributed by atoms with Crippen LogP contribution < -0.4 is 19.9 Å². The molecule has 3 heterocycles. The minimum absolute atomic E-state index is 0.0841. The molecule has 3 aromatic rings. The van der Waals surface area contributed by atoms with Crippen molar-refractivity contribution >= 4 is 58.2 Å². The Morgan fingerprint density at radius 3 is 2.56 bits per heavy atom. The average molecular weight is 603 g/mol. The first kappa shape index (κ1) is 28.7. The number of carbonyl (C=O) groups is 2. The second-order valence-corrected chi connectivity index (χ2v) is 11.6. The third kappa shape index (κ3) is 6.11. The Bertz CT molecular complexity index is 1480. The van der Waals surface area contributed by atoms with E-state index in [9.17, 15) is 9.59 Å². The average Bonchev–Trinajstić information content (AvgIpc) is 2.89. The van der Waals surface area contributed by atoms with E-state index < -0.39 is 17.3 Å². The minimum atomic E-state index is -0.586. The number of rotatable bonds is 4. The summed E-state index contributed by atoms with van der Waals surface area (Å²) in [5.41, 5.74) is 0.726. The second-order valence-electron chi connectivity index (χ2n) is 10.7. The third-order valence-electron chi connectivity index (χ3n) is 6.57. The lowest BCUT2D eigenvalue weighted by Gasteiger charge is -2.41. The van der Waals surface area contributed by atoms with Crippen LogP contribution in [0.3, 0.4) is 0 Å². The normalized spacial score (nSPS) is 17.2. The summed E-state index contributed by atoms with van der Waals surface area (Å²) in [5, 5.41) is 3.57. The first-order valence-electron chi connectivity index (χ1n) is 13.0. The molecule has 1 unspecified atom stereocenters. The van der Waals surface area contributed by atoms with Gasteiger partial charge < -0.3 is 24.6 Å². The maximum absolute atomic E-state index is 15.2. The zero-order valence-electron chi connectivity index (χ0n) is 23.0. The Morgan fingerprint density at radius 1 is 1.17 bits per heavy atom. The summed E-state index contributed by atoms with van der Waals surface area (Å²) in [7, 11) is 0. The third-order valence-corrected chi connectivity index (χ3v) is 7.18. The van der Waals surface area contributed by atoms with Gasteiger partial charge >= 0.3 is 6.09 Å². The molecule has 13 heteroatoms. The number of benzene rings is 2. The molecule has 0 saturated carbocycles. The van der Waals surface area contributed by atoms with E-state index >= 15 is 4.39 Å². The molecule has 0 spiro atoms. The second kappa shape index (κ2) is 11.2. The van der Waals surface area contributed by atoms with E-state index in [1.54, 1.807) is 35.2 Å². The van der Waals surface area contributed by atoms with Crippen molar-refractivity contribution in [1.82, 2.24) is 14.9 Å². The zero-order valence-corrected chi connectivity index (χ0v) is 24.5. The van der Waals surface area contributed by atoms with E-state index in [1.165, 1.54) is 17.2 Å². The van der Waals surface area contributed by atoms with Gasteiger partial charge in [0.05, 0.1) is 21.4 Å². The van der Waals surface area contributed by atoms with Gasteiger partial charge in [0, 0.05) is 37.6 Å². The highest BCUT2D eigenvalue weighted by Gasteiger charge is 2.33. The van der Waals surface area contributed by atoms with Crippen molar-refractivity contribution in [2.24, 2.45) is 0 Å². The molecular weight excluding hydrogens is 574 g/mol. The number of anilines is 4. The fraction of sp³-hybridized carbons (Fsp3) is 0.357. The molecule has 5 rings (SSSR count). The van der Waals surface area contributed by atoms with Crippen molar-refractivity contribution in [3.63, 3.8) is 0 Å². The number of carbonyl (C=O) groups excluding carboxylic acids is 2. The van der Waals surface area contributed by atoms with Crippen LogP contribution in [0.1, 0.15) is 38.1 Å². The number of piperazine rings is 1. The molecule has 2 aliphatic rings. The zero-order chi connectivity index (χ0) is 29.5. The van der Waals surface area contributed by atoms with Gasteiger partial charge in [-0.25, -0.2) is 14.2 Å². The fourth-order valence-corrected chi connectivity index (χ4v) is 5.27. The van der Waals surface area contributed by atoms with Crippen LogP contribution in [0.5, 0.6) is 5.88 Å². The van der Waals surface area contributed by atoms with Crippen LogP contribution in [-0.4, -0.2) is 64.9 Å². The molecule has 10 nitrogen and oxygen atoms in total. The smallest absolute Gasteiger partial charge is 0.410 e. The van der Waals surface area contributed by atoms with Gasteiger partial charge in [0.1, 0.15) is 17.0 Å². The molecule has 1 N–H and O–H groups in total. The topological polar surface area (TPSA) is 100 Å². The van der Waals surface area contributed by atoms with Gasteiger partial charge in [-0.2, -0.15) is 4.98 Å². The first-order valence-corrected chi connectivity index (χ1v) is 13.7. The Labute approximate surface area is 247 Å². The largest absolute Gasteiger partial charge is 0.455 e. The summed E-state index contributed by atoms with van der Waals surface area (Å²) < 4.78 is 26.4. The predicted molar refractivity (Wildman–Crippen MR) is 155 cm³/mol. The van der Waals surface area contributed by atoms with E-state index in [2.05, 4.69) is 15.3 Å². The molecule has 2 aliphatic heterocycles. The monoisotopic (exact) mass is 602 g/mol. The highest BCUT2D eigenvalue weighted by Crippen LogP contribution is 2.37. The van der Waals surface area contributed by atoms with Gasteiger partial charge in [-0.15, -0.1) is 0 Å². The van der Waals surface area contributed by atoms with Crippen LogP contribution in [0, 0.1) is 5.82 Å². The molecular formula is C28H29Cl2FN6O4. The van der Waals surface area contributed by atoms with Crippen LogP contribution >= 0.6 is 23.2 Å². The van der Waals surface area contributed by atoms with E-state index in [4.69, 9.17) is 32.7 Å². The summed E-state index contributed by atoms with van der Waals surface area (Å²) in [6, 6.07) is 9.49. The molecule has 0 bridgehead atoms. The van der Waals surface area contributed by atoms with Crippen molar-refractivity contribution in [2.45, 2.75) is 39.3 Å². The molecule has 41 heavy (non-hydrogen) atoms. The first-order chi connectivity index (χ1) is 19.4. The molecule has 216 valence electrons. The number of ether oxygens (including phenoxy) is 2. The van der Waals surface area contributed by atoms with E-state index in [0.29, 0.717) is 46.7 Å². The number of fused-ring (bicyclic) bond motifs is 1. The summed E-state index contributed by atoms with van der Waals surface area (Å²) in [6.07, 6.45) is 0.959. The minimum Gasteiger partial charge on any atom is -0.455 e. The van der Waals surface area contributed by atoms with Gasteiger partial charge in [0.15, 0.2) is 6.73 Å². The Hall–Kier alpha value is -3.83. The quantitative estimate of drug-likeness (QED) is 0.382. The van der Waals surface area contributed by atoms with Crippen molar-refractivity contribution in [3.8, 4) is 5.88 Å². The lowest BCUT2D eigenvalue weighted by molar-refractivity contribution is 0.0158. The number of hydrogen-bond acceptors (Lipinski definition) is 8. The number of hydrogen-bond donors (Lipinski definition) is 1. The molecule has 1 saturated heterocycles. The number of halogens is 3. The van der Waals surface area contributed by atoms with Gasteiger partial charge in [-0.05, 0) is 58.0 Å². The van der Waals surface area contributed by atoms with Crippen LogP contribution in [-0.2, 0) is 4.74 Å². The highest BCUT2D eigenvalue weighted by atomic mass is 35.5. The highest BCUT2D eigenvalue weighted by molar-refractivity contribution is 6.40. The van der Waals surface area contributed by atoms with Crippen molar-refractivity contribution in [1.29, 1.82) is 0 Å². The molecule has 1 atom stereocenters. The number of nitrogens with zero attached hydrogens (tertiary/aromatic N) is 5. The lowest BCUT2D eigenvalue weighted by Crippen LogP contribution is -2.55. The fourth-order valence-electron chi connectivity index (χ4n) is 4.66. The number of nitrogens with one attached hydrogen (secondary N) is 1. The van der Waals surface area contributed by atoms with Crippen molar-refractivity contribution < 1.29 is 23.5 Å². The molecule has 0 radical (unpaired) electrons. The standard InChI is InChI=1S/C28H29Cl2FN6O4/c1-16-14-35(10-11-36(16)27(39)41-28(2,3)4)22-9-8-17(12-21(22)31)33-26-32-13-18-24(34-26)40-15-37(25(18)38)23-19(29)6-5-7-20(23)30/h5-9,12-13,16H,10-11,14-15H2,1-4H3,(H,32,33,34). The van der Waals surface area contributed by atoms with Crippen molar-refractivity contribution in [3.05, 3.63) is 64.0 Å². The van der Waals surface area contributed by atoms with Gasteiger partial charge in [-0.1, -0.05) is 29.3 Å². The van der Waals surface area contributed by atoms with Crippen LogP contribution in [0.2, 0.25) is 10.0 Å². The predicted octanol–water partition coefficient (Wildman–Crippen LogP) is 6.11. The van der Waals surface area contributed by atoms with E-state index in [0.717, 1.165) is 0 Å². The summed E-state index contributed by atoms with van der Waals surface area (Å²) in [5.74, 6) is -0.637. The number of para-hydroxylation sites is 1. The van der Waals surface area contributed by atoms with Crippen molar-refractivity contribution in [2.75, 3.05) is 41.5 Å². The SMILES string of the molecule is CC1CN(c2ccc(Nc3ncc4c(n3)OCN(c3c(Cl)cccc3Cl)C4=O)cc2F)CCN1C(=O)OC(C)(C)C. The Balaban J connectivity index is 1.26. The van der Waals surface area contributed by atoms with Gasteiger partial charge in [-0.3, -0.25) is 9.69 Å². The summed E-state index contributed by atoms with van der Waals surface area (Å²) in [6.45, 7) is 8.57. The maximum atomic E-state index is 15.2. The lowest BCUT2D eigenvalue weighted by atomic mass is 10.1. The number of amides is 2. The van der Waals surface area contributed by atoms with Gasteiger partial charge in [0.25, 0.3) is 5.91 Å². The molecule has 1 fully saturated rings. The van der Waals surface area contributed by atoms with Crippen LogP contribution in [0.15, 0.2) is 42.6 Å². The van der Waals surface area contributed by atoms with E-state index in [-0.39, 0.29) is 36.3 Å². The Kier molecular flexibility index (Phi) is 7.85. The molecule has 2 amide bonds. The van der Waals surface area contributed by atoms with E-state index in [1.807, 2.05) is 32.6 Å².